The van der Waals surface area contributed by atoms with Crippen LogP contribution in [0, 0.1) is 5.92 Å². The molecule has 56 valence electrons. The van der Waals surface area contributed by atoms with Crippen molar-refractivity contribution in [3.05, 3.63) is 12.7 Å². The molecule has 0 aromatic rings. The predicted octanol–water partition coefficient (Wildman–Crippen LogP) is -8.31. The largest absolute Gasteiger partial charge is 1.00 e. The second-order valence-corrected chi connectivity index (χ2v) is 1.72. The number of rotatable bonds is 4. The first-order chi connectivity index (χ1) is 4.59. The second-order valence-electron chi connectivity index (χ2n) is 1.72. The van der Waals surface area contributed by atoms with Crippen molar-refractivity contribution in [3.63, 3.8) is 0 Å². The third-order valence-corrected chi connectivity index (χ3v) is 0.971. The zero-order valence-electron chi connectivity index (χ0n) is 7.20. The summed E-state index contributed by atoms with van der Waals surface area (Å²) in [5.41, 5.74) is 0. The van der Waals surface area contributed by atoms with Crippen LogP contribution in [0.1, 0.15) is 6.42 Å². The van der Waals surface area contributed by atoms with Gasteiger partial charge in [0.15, 0.2) is 0 Å². The summed E-state index contributed by atoms with van der Waals surface area (Å²) in [4.78, 5) is 19.9. The molecule has 0 atom stereocenters. The maximum absolute atomic E-state index is 9.95. The normalized spacial score (nSPS) is 7.75. The number of carboxylic acid groups (broad SMARTS) is 2. The smallest absolute Gasteiger partial charge is 0.549 e. The molecule has 6 heteroatoms. The molecule has 0 aliphatic heterocycles. The van der Waals surface area contributed by atoms with Crippen LogP contribution in [0.15, 0.2) is 12.7 Å². The molecule has 0 unspecified atom stereocenters. The summed E-state index contributed by atoms with van der Waals surface area (Å²) in [5, 5.41) is 19.9. The Hall–Kier alpha value is 0.680. The Labute approximate surface area is 115 Å². The van der Waals surface area contributed by atoms with E-state index in [2.05, 4.69) is 6.58 Å². The van der Waals surface area contributed by atoms with Crippen molar-refractivity contribution < 1.29 is 78.9 Å². The zero-order valence-corrected chi connectivity index (χ0v) is 11.2. The minimum absolute atomic E-state index is 0. The number of aliphatic carboxylic acids is 2. The van der Waals surface area contributed by atoms with Crippen LogP contribution < -0.4 is 69.3 Å². The van der Waals surface area contributed by atoms with Crippen molar-refractivity contribution in [2.24, 2.45) is 5.92 Å². The zero-order chi connectivity index (χ0) is 8.15. The van der Waals surface area contributed by atoms with Crippen LogP contribution >= 0.6 is 0 Å². The molecule has 0 aliphatic carbocycles. The summed E-state index contributed by atoms with van der Waals surface area (Å²) in [6.07, 6.45) is 1.03. The first kappa shape index (κ1) is 18.5. The number of hydrogen-bond acceptors (Lipinski definition) is 4. The van der Waals surface area contributed by atoms with E-state index in [0.29, 0.717) is 0 Å². The van der Waals surface area contributed by atoms with Crippen LogP contribution in [0.3, 0.4) is 0 Å². The molecule has 0 aromatic carbocycles. The van der Waals surface area contributed by atoms with Crippen LogP contribution in [0.5, 0.6) is 0 Å². The van der Waals surface area contributed by atoms with Crippen molar-refractivity contribution in [3.8, 4) is 0 Å². The molecule has 0 N–H and O–H groups in total. The molecule has 0 heterocycles. The van der Waals surface area contributed by atoms with Gasteiger partial charge in [0.05, 0.1) is 11.9 Å². The van der Waals surface area contributed by atoms with Gasteiger partial charge in [0.25, 0.3) is 0 Å². The van der Waals surface area contributed by atoms with Gasteiger partial charge in [0, 0.05) is 5.92 Å². The van der Waals surface area contributed by atoms with E-state index in [1.54, 1.807) is 0 Å². The van der Waals surface area contributed by atoms with E-state index in [0.717, 1.165) is 0 Å². The molecule has 0 bridgehead atoms. The van der Waals surface area contributed by atoms with E-state index in [1.165, 1.54) is 6.08 Å². The summed E-state index contributed by atoms with van der Waals surface area (Å²) in [7, 11) is 0. The van der Waals surface area contributed by atoms with Gasteiger partial charge in [-0.1, -0.05) is 6.08 Å². The molecular formula is C6H6Na2O4. The first-order valence-electron chi connectivity index (χ1n) is 2.62. The van der Waals surface area contributed by atoms with Crippen LogP contribution in [0.2, 0.25) is 0 Å². The molecule has 0 rings (SSSR count). The van der Waals surface area contributed by atoms with Crippen molar-refractivity contribution in [1.82, 2.24) is 0 Å². The van der Waals surface area contributed by atoms with Gasteiger partial charge in [-0.3, -0.25) is 0 Å². The molecule has 0 aromatic heterocycles. The van der Waals surface area contributed by atoms with E-state index in [-0.39, 0.29) is 65.5 Å². The summed E-state index contributed by atoms with van der Waals surface area (Å²) in [6, 6.07) is 0. The topological polar surface area (TPSA) is 80.3 Å². The maximum atomic E-state index is 9.95. The first-order valence-corrected chi connectivity index (χ1v) is 2.62. The second kappa shape index (κ2) is 9.77. The fraction of sp³-hybridized carbons (Fsp3) is 0.333. The van der Waals surface area contributed by atoms with Gasteiger partial charge >= 0.3 is 59.1 Å². The van der Waals surface area contributed by atoms with E-state index in [1.807, 2.05) is 0 Å². The van der Waals surface area contributed by atoms with Crippen molar-refractivity contribution in [2.75, 3.05) is 0 Å². The van der Waals surface area contributed by atoms with E-state index < -0.39 is 17.9 Å². The van der Waals surface area contributed by atoms with Gasteiger partial charge in [0.1, 0.15) is 0 Å². The van der Waals surface area contributed by atoms with Crippen molar-refractivity contribution >= 4 is 11.9 Å². The summed E-state index contributed by atoms with van der Waals surface area (Å²) < 4.78 is 0. The monoisotopic (exact) mass is 188 g/mol. The van der Waals surface area contributed by atoms with Gasteiger partial charge in [-0.15, -0.1) is 6.58 Å². The molecule has 0 radical (unpaired) electrons. The summed E-state index contributed by atoms with van der Waals surface area (Å²) >= 11 is 0. The van der Waals surface area contributed by atoms with Crippen LogP contribution in [-0.2, 0) is 9.59 Å². The van der Waals surface area contributed by atoms with Crippen LogP contribution in [0.25, 0.3) is 0 Å². The van der Waals surface area contributed by atoms with E-state index in [9.17, 15) is 19.8 Å². The van der Waals surface area contributed by atoms with Gasteiger partial charge in [-0.25, -0.2) is 0 Å². The van der Waals surface area contributed by atoms with Crippen LogP contribution in [-0.4, -0.2) is 11.9 Å². The minimum Gasteiger partial charge on any atom is -0.549 e. The minimum atomic E-state index is -1.64. The Bertz CT molecular complexity index is 155. The third-order valence-electron chi connectivity index (χ3n) is 0.971. The van der Waals surface area contributed by atoms with Gasteiger partial charge in [-0.2, -0.15) is 0 Å². The van der Waals surface area contributed by atoms with Gasteiger partial charge in [0.2, 0.25) is 0 Å². The fourth-order valence-electron chi connectivity index (χ4n) is 0.455. The molecule has 0 fully saturated rings. The third kappa shape index (κ3) is 7.34. The Morgan fingerprint density at radius 3 is 1.67 bits per heavy atom. The van der Waals surface area contributed by atoms with E-state index >= 15 is 0 Å². The molecule has 4 nitrogen and oxygen atoms in total. The number of allylic oxidation sites excluding steroid dienone is 1. The number of carbonyl (C=O) groups excluding carboxylic acids is 2. The quantitative estimate of drug-likeness (QED) is 0.249. The Balaban J connectivity index is -0.000000405. The Morgan fingerprint density at radius 1 is 1.25 bits per heavy atom. The van der Waals surface area contributed by atoms with Crippen LogP contribution in [0.4, 0.5) is 0 Å². The molecule has 0 amide bonds. The van der Waals surface area contributed by atoms with Gasteiger partial charge in [-0.05, 0) is 6.42 Å². The molecule has 0 saturated heterocycles. The predicted molar refractivity (Wildman–Crippen MR) is 28.3 cm³/mol. The van der Waals surface area contributed by atoms with Gasteiger partial charge < -0.3 is 19.8 Å². The summed E-state index contributed by atoms with van der Waals surface area (Å²) in [5.74, 6) is -4.85. The molecule has 12 heavy (non-hydrogen) atoms. The SMILES string of the molecule is C=CCC(C(=O)[O-])C(=O)[O-].[Na+].[Na+]. The molecular weight excluding hydrogens is 182 g/mol. The Morgan fingerprint density at radius 2 is 1.58 bits per heavy atom. The molecule has 0 spiro atoms. The average molecular weight is 188 g/mol. The average Bonchev–Trinajstić information content (AvgIpc) is 1.81. The standard InChI is InChI=1S/C6H8O4.2Na/c1-2-3-4(5(7)8)6(9)10;;/h2,4H,1,3H2,(H,7,8)(H,9,10);;/q;2*+1/p-2. The maximum Gasteiger partial charge on any atom is 1.00 e. The van der Waals surface area contributed by atoms with E-state index in [4.69, 9.17) is 0 Å². The number of carboxylic acids is 2. The van der Waals surface area contributed by atoms with Crippen molar-refractivity contribution in [2.45, 2.75) is 6.42 Å². The fourth-order valence-corrected chi connectivity index (χ4v) is 0.455. The van der Waals surface area contributed by atoms with Crippen molar-refractivity contribution in [1.29, 1.82) is 0 Å². The summed E-state index contributed by atoms with van der Waals surface area (Å²) in [6.45, 7) is 3.18. The Kier molecular flexibility index (Phi) is 15.0. The number of hydrogen-bond donors (Lipinski definition) is 0. The molecule has 0 saturated carbocycles. The number of carbonyl (C=O) groups is 2. The molecule has 0 aliphatic rings.